The standard InChI is InChI=1S/C38H24Br2N2/c39-27-10-14-29(15-11-27)41-37-17-9-26(21-33(37)34-22-28(40)12-18-38(34)41)25-8-16-36-32(20-25)31-3-1-2-4-35(31)42(36)30-13-7-23-5-6-24(23)19-30/h1-4,7-22H,5-6H2. The van der Waals surface area contributed by atoms with Crippen molar-refractivity contribution in [1.29, 1.82) is 0 Å². The summed E-state index contributed by atoms with van der Waals surface area (Å²) in [4.78, 5) is 0. The van der Waals surface area contributed by atoms with Crippen molar-refractivity contribution in [2.75, 3.05) is 0 Å². The van der Waals surface area contributed by atoms with Gasteiger partial charge in [0, 0.05) is 41.9 Å². The minimum absolute atomic E-state index is 1.08. The second-order valence-electron chi connectivity index (χ2n) is 11.2. The Balaban J connectivity index is 1.26. The Labute approximate surface area is 260 Å². The van der Waals surface area contributed by atoms with Gasteiger partial charge in [0.25, 0.3) is 0 Å². The number of hydrogen-bond donors (Lipinski definition) is 0. The molecule has 8 aromatic rings. The van der Waals surface area contributed by atoms with Gasteiger partial charge in [0.2, 0.25) is 0 Å². The fourth-order valence-corrected chi connectivity index (χ4v) is 7.42. The summed E-state index contributed by atoms with van der Waals surface area (Å²) in [7, 11) is 0. The predicted molar refractivity (Wildman–Crippen MR) is 183 cm³/mol. The van der Waals surface area contributed by atoms with Crippen LogP contribution in [0.4, 0.5) is 0 Å². The molecule has 0 N–H and O–H groups in total. The van der Waals surface area contributed by atoms with Crippen LogP contribution in [0.5, 0.6) is 0 Å². The van der Waals surface area contributed by atoms with Crippen LogP contribution in [-0.4, -0.2) is 9.13 Å². The molecule has 9 rings (SSSR count). The van der Waals surface area contributed by atoms with E-state index in [-0.39, 0.29) is 0 Å². The molecule has 2 nitrogen and oxygen atoms in total. The van der Waals surface area contributed by atoms with E-state index in [2.05, 4.69) is 162 Å². The third kappa shape index (κ3) is 3.62. The zero-order valence-corrected chi connectivity index (χ0v) is 25.8. The first-order chi connectivity index (χ1) is 20.6. The first kappa shape index (κ1) is 24.5. The molecule has 0 unspecified atom stereocenters. The van der Waals surface area contributed by atoms with E-state index in [0.29, 0.717) is 0 Å². The minimum Gasteiger partial charge on any atom is -0.309 e. The molecular formula is C38H24Br2N2. The maximum atomic E-state index is 3.72. The van der Waals surface area contributed by atoms with Crippen LogP contribution in [0.25, 0.3) is 66.1 Å². The van der Waals surface area contributed by atoms with E-state index in [9.17, 15) is 0 Å². The van der Waals surface area contributed by atoms with Crippen LogP contribution < -0.4 is 0 Å². The van der Waals surface area contributed by atoms with Gasteiger partial charge in [0.1, 0.15) is 0 Å². The molecule has 0 saturated carbocycles. The van der Waals surface area contributed by atoms with E-state index in [1.165, 1.54) is 84.4 Å². The van der Waals surface area contributed by atoms with Gasteiger partial charge < -0.3 is 9.13 Å². The van der Waals surface area contributed by atoms with Gasteiger partial charge in [-0.2, -0.15) is 0 Å². The van der Waals surface area contributed by atoms with Crippen LogP contribution in [-0.2, 0) is 12.8 Å². The summed E-state index contributed by atoms with van der Waals surface area (Å²) in [5.74, 6) is 0. The Hall–Kier alpha value is -4.12. The monoisotopic (exact) mass is 666 g/mol. The number of benzene rings is 6. The highest BCUT2D eigenvalue weighted by molar-refractivity contribution is 9.10. The summed E-state index contributed by atoms with van der Waals surface area (Å²) in [5.41, 5.74) is 12.7. The van der Waals surface area contributed by atoms with Crippen LogP contribution in [0.1, 0.15) is 11.1 Å². The van der Waals surface area contributed by atoms with Crippen molar-refractivity contribution < 1.29 is 0 Å². The molecule has 1 aliphatic rings. The fourth-order valence-electron chi connectivity index (χ4n) is 6.79. The van der Waals surface area contributed by atoms with Crippen LogP contribution >= 0.6 is 31.9 Å². The quantitative estimate of drug-likeness (QED) is 0.177. The van der Waals surface area contributed by atoms with Crippen molar-refractivity contribution in [2.45, 2.75) is 12.8 Å². The number of aryl methyl sites for hydroxylation is 2. The normalized spacial score (nSPS) is 12.8. The highest BCUT2D eigenvalue weighted by Gasteiger charge is 2.18. The van der Waals surface area contributed by atoms with Gasteiger partial charge >= 0.3 is 0 Å². The molecule has 1 aliphatic carbocycles. The Bertz CT molecular complexity index is 2370. The second kappa shape index (κ2) is 9.19. The number of halogens is 2. The summed E-state index contributed by atoms with van der Waals surface area (Å²) in [6.07, 6.45) is 2.39. The van der Waals surface area contributed by atoms with E-state index in [1.54, 1.807) is 0 Å². The molecule has 2 aromatic heterocycles. The summed E-state index contributed by atoms with van der Waals surface area (Å²) in [6, 6.07) is 44.7. The van der Waals surface area contributed by atoms with E-state index in [4.69, 9.17) is 0 Å². The third-order valence-electron chi connectivity index (χ3n) is 8.93. The Morgan fingerprint density at radius 2 is 0.952 bits per heavy atom. The van der Waals surface area contributed by atoms with Crippen molar-refractivity contribution >= 4 is 75.5 Å². The molecule has 6 aromatic carbocycles. The lowest BCUT2D eigenvalue weighted by Gasteiger charge is -2.20. The molecular weight excluding hydrogens is 644 g/mol. The summed E-state index contributed by atoms with van der Waals surface area (Å²) in [5, 5.41) is 5.05. The van der Waals surface area contributed by atoms with Crippen molar-refractivity contribution in [3.8, 4) is 22.5 Å². The van der Waals surface area contributed by atoms with Gasteiger partial charge in [-0.05, 0) is 120 Å². The van der Waals surface area contributed by atoms with Crippen molar-refractivity contribution in [3.05, 3.63) is 141 Å². The van der Waals surface area contributed by atoms with Crippen LogP contribution in [0.15, 0.2) is 130 Å². The van der Waals surface area contributed by atoms with Crippen molar-refractivity contribution in [2.24, 2.45) is 0 Å². The van der Waals surface area contributed by atoms with E-state index < -0.39 is 0 Å². The van der Waals surface area contributed by atoms with E-state index in [0.717, 1.165) is 14.6 Å². The first-order valence-corrected chi connectivity index (χ1v) is 15.9. The number of para-hydroxylation sites is 1. The van der Waals surface area contributed by atoms with Crippen LogP contribution in [0.2, 0.25) is 0 Å². The van der Waals surface area contributed by atoms with Gasteiger partial charge in [0.15, 0.2) is 0 Å². The minimum atomic E-state index is 1.08. The molecule has 42 heavy (non-hydrogen) atoms. The number of aromatic nitrogens is 2. The maximum Gasteiger partial charge on any atom is 0.0541 e. The fraction of sp³-hybridized carbons (Fsp3) is 0.0526. The highest BCUT2D eigenvalue weighted by atomic mass is 79.9. The maximum absolute atomic E-state index is 3.72. The summed E-state index contributed by atoms with van der Waals surface area (Å²) >= 11 is 7.31. The lowest BCUT2D eigenvalue weighted by atomic mass is 9.88. The highest BCUT2D eigenvalue weighted by Crippen LogP contribution is 2.39. The van der Waals surface area contributed by atoms with Crippen molar-refractivity contribution in [3.63, 3.8) is 0 Å². The summed E-state index contributed by atoms with van der Waals surface area (Å²) < 4.78 is 6.95. The molecule has 0 fully saturated rings. The van der Waals surface area contributed by atoms with Crippen molar-refractivity contribution in [1.82, 2.24) is 9.13 Å². The third-order valence-corrected chi connectivity index (χ3v) is 9.95. The molecule has 0 saturated heterocycles. The van der Waals surface area contributed by atoms with Gasteiger partial charge in [-0.25, -0.2) is 0 Å². The molecule has 0 atom stereocenters. The van der Waals surface area contributed by atoms with E-state index >= 15 is 0 Å². The topological polar surface area (TPSA) is 9.86 Å². The smallest absolute Gasteiger partial charge is 0.0541 e. The van der Waals surface area contributed by atoms with Gasteiger partial charge in [-0.15, -0.1) is 0 Å². The zero-order chi connectivity index (χ0) is 27.9. The Morgan fingerprint density at radius 3 is 1.64 bits per heavy atom. The van der Waals surface area contributed by atoms with Crippen LogP contribution in [0, 0.1) is 0 Å². The predicted octanol–water partition coefficient (Wildman–Crippen LogP) is 11.2. The van der Waals surface area contributed by atoms with Gasteiger partial charge in [-0.1, -0.05) is 68.3 Å². The lowest BCUT2D eigenvalue weighted by Crippen LogP contribution is -2.09. The lowest BCUT2D eigenvalue weighted by molar-refractivity contribution is 0.836. The number of rotatable bonds is 3. The SMILES string of the molecule is Brc1ccc(-n2c3ccc(Br)cc3c3cc(-c4ccc5c(c4)c4ccccc4n5-c4ccc5c(c4)CC5)ccc32)cc1. The molecule has 200 valence electrons. The van der Waals surface area contributed by atoms with Crippen LogP contribution in [0.3, 0.4) is 0 Å². The molecule has 0 radical (unpaired) electrons. The molecule has 0 amide bonds. The van der Waals surface area contributed by atoms with Gasteiger partial charge in [0.05, 0.1) is 22.1 Å². The average molecular weight is 668 g/mol. The molecule has 0 bridgehead atoms. The zero-order valence-electron chi connectivity index (χ0n) is 22.6. The molecule has 2 heterocycles. The Kier molecular flexibility index (Phi) is 5.36. The second-order valence-corrected chi connectivity index (χ2v) is 13.1. The molecule has 0 aliphatic heterocycles. The number of hydrogen-bond acceptors (Lipinski definition) is 0. The number of fused-ring (bicyclic) bond motifs is 7. The average Bonchev–Trinajstić information content (AvgIpc) is 3.50. The van der Waals surface area contributed by atoms with E-state index in [1.807, 2.05) is 0 Å². The van der Waals surface area contributed by atoms with Gasteiger partial charge in [-0.3, -0.25) is 0 Å². The number of nitrogens with zero attached hydrogens (tertiary/aromatic N) is 2. The first-order valence-electron chi connectivity index (χ1n) is 14.3. The Morgan fingerprint density at radius 1 is 0.405 bits per heavy atom. The summed E-state index contributed by atoms with van der Waals surface area (Å²) in [6.45, 7) is 0. The molecule has 0 spiro atoms. The largest absolute Gasteiger partial charge is 0.309 e. The molecule has 4 heteroatoms.